The van der Waals surface area contributed by atoms with Crippen molar-refractivity contribution in [2.75, 3.05) is 37.8 Å². The Balaban J connectivity index is 1.72. The Bertz CT molecular complexity index is 857. The molecule has 1 fully saturated rings. The molecule has 2 aliphatic rings. The maximum atomic E-state index is 11.0. The van der Waals surface area contributed by atoms with E-state index < -0.39 is 6.09 Å². The molecule has 142 valence electrons. The highest BCUT2D eigenvalue weighted by Gasteiger charge is 2.29. The molecule has 8 heteroatoms. The van der Waals surface area contributed by atoms with Gasteiger partial charge in [0.25, 0.3) is 0 Å². The molecule has 0 spiro atoms. The van der Waals surface area contributed by atoms with Gasteiger partial charge in [0, 0.05) is 29.8 Å². The minimum absolute atomic E-state index is 0.281. The lowest BCUT2D eigenvalue weighted by atomic mass is 9.97. The predicted molar refractivity (Wildman–Crippen MR) is 99.4 cm³/mol. The number of carboxylic acid groups (broad SMARTS) is 1. The highest BCUT2D eigenvalue weighted by Crippen LogP contribution is 2.42. The van der Waals surface area contributed by atoms with E-state index in [0.29, 0.717) is 19.0 Å². The van der Waals surface area contributed by atoms with Crippen LogP contribution in [0.25, 0.3) is 11.1 Å². The molecule has 8 nitrogen and oxygen atoms in total. The number of nitrogens with zero attached hydrogens (tertiary/aromatic N) is 3. The van der Waals surface area contributed by atoms with Gasteiger partial charge in [0.05, 0.1) is 30.6 Å². The minimum Gasteiger partial charge on any atom is -0.490 e. The fraction of sp³-hybridized carbons (Fsp3) is 0.421. The van der Waals surface area contributed by atoms with Crippen molar-refractivity contribution in [3.8, 4) is 16.9 Å². The fourth-order valence-corrected chi connectivity index (χ4v) is 3.71. The number of rotatable bonds is 3. The zero-order valence-electron chi connectivity index (χ0n) is 15.4. The van der Waals surface area contributed by atoms with E-state index in [1.807, 2.05) is 32.0 Å². The first-order valence-corrected chi connectivity index (χ1v) is 8.98. The van der Waals surface area contributed by atoms with Crippen molar-refractivity contribution in [2.24, 2.45) is 0 Å². The lowest BCUT2D eigenvalue weighted by molar-refractivity contribution is 0.122. The number of anilines is 1. The van der Waals surface area contributed by atoms with E-state index >= 15 is 0 Å². The predicted octanol–water partition coefficient (Wildman–Crippen LogP) is 2.30. The zero-order chi connectivity index (χ0) is 19.0. The number of nitrogens with one attached hydrogen (secondary N) is 1. The van der Waals surface area contributed by atoms with Crippen LogP contribution < -0.4 is 15.0 Å². The largest absolute Gasteiger partial charge is 0.490 e. The molecule has 2 aromatic rings. The van der Waals surface area contributed by atoms with Crippen LogP contribution >= 0.6 is 0 Å². The Hall–Kier alpha value is -2.87. The van der Waals surface area contributed by atoms with Gasteiger partial charge >= 0.3 is 6.09 Å². The van der Waals surface area contributed by atoms with Crippen LogP contribution in [0.3, 0.4) is 0 Å². The molecule has 0 unspecified atom stereocenters. The number of benzene rings is 1. The summed E-state index contributed by atoms with van der Waals surface area (Å²) in [6.45, 7) is 7.14. The second kappa shape index (κ2) is 7.03. The summed E-state index contributed by atoms with van der Waals surface area (Å²) in [4.78, 5) is 22.6. The molecule has 0 saturated carbocycles. The van der Waals surface area contributed by atoms with Crippen LogP contribution in [0.5, 0.6) is 5.75 Å². The highest BCUT2D eigenvalue weighted by molar-refractivity contribution is 5.77. The third-order valence-corrected chi connectivity index (χ3v) is 4.94. The van der Waals surface area contributed by atoms with Gasteiger partial charge in [-0.05, 0) is 13.8 Å². The molecule has 27 heavy (non-hydrogen) atoms. The molecule has 1 amide bonds. The van der Waals surface area contributed by atoms with E-state index in [1.165, 1.54) is 0 Å². The average molecular weight is 370 g/mol. The van der Waals surface area contributed by atoms with Gasteiger partial charge in [-0.2, -0.15) is 0 Å². The number of para-hydroxylation sites is 1. The molecular weight excluding hydrogens is 348 g/mol. The van der Waals surface area contributed by atoms with Crippen molar-refractivity contribution < 1.29 is 19.4 Å². The topological polar surface area (TPSA) is 96.8 Å². The second-order valence-electron chi connectivity index (χ2n) is 6.71. The van der Waals surface area contributed by atoms with Gasteiger partial charge in [0.1, 0.15) is 12.4 Å². The van der Waals surface area contributed by atoms with Crippen LogP contribution in [-0.2, 0) is 4.74 Å². The van der Waals surface area contributed by atoms with Crippen molar-refractivity contribution >= 4 is 12.0 Å². The molecule has 0 bridgehead atoms. The Kier molecular flexibility index (Phi) is 4.57. The van der Waals surface area contributed by atoms with Crippen molar-refractivity contribution in [2.45, 2.75) is 19.9 Å². The summed E-state index contributed by atoms with van der Waals surface area (Å²) >= 11 is 0. The molecule has 1 atom stereocenters. The summed E-state index contributed by atoms with van der Waals surface area (Å²) in [5.41, 5.74) is 4.41. The molecule has 3 heterocycles. The fourth-order valence-electron chi connectivity index (χ4n) is 3.71. The average Bonchev–Trinajstić information content (AvgIpc) is 3.05. The van der Waals surface area contributed by atoms with Crippen molar-refractivity contribution in [3.63, 3.8) is 0 Å². The third-order valence-electron chi connectivity index (χ3n) is 4.94. The first-order valence-electron chi connectivity index (χ1n) is 8.98. The molecular formula is C19H22N4O4. The van der Waals surface area contributed by atoms with E-state index in [9.17, 15) is 4.79 Å². The van der Waals surface area contributed by atoms with Crippen LogP contribution in [0.15, 0.2) is 18.2 Å². The minimum atomic E-state index is -1.06. The van der Waals surface area contributed by atoms with E-state index in [2.05, 4.69) is 10.2 Å². The zero-order valence-corrected chi connectivity index (χ0v) is 15.4. The summed E-state index contributed by atoms with van der Waals surface area (Å²) in [6, 6.07) is 5.40. The van der Waals surface area contributed by atoms with E-state index in [1.54, 1.807) is 0 Å². The molecule has 1 aromatic carbocycles. The smallest absolute Gasteiger partial charge is 0.405 e. The van der Waals surface area contributed by atoms with Gasteiger partial charge in [-0.25, -0.2) is 14.8 Å². The number of amides is 1. The molecule has 2 aliphatic heterocycles. The molecule has 1 aromatic heterocycles. The number of aromatic nitrogens is 2. The van der Waals surface area contributed by atoms with Gasteiger partial charge in [0.2, 0.25) is 5.95 Å². The summed E-state index contributed by atoms with van der Waals surface area (Å²) in [6.07, 6.45) is -1.06. The van der Waals surface area contributed by atoms with Crippen LogP contribution in [-0.4, -0.2) is 54.1 Å². The maximum absolute atomic E-state index is 11.0. The molecule has 0 aliphatic carbocycles. The molecule has 2 N–H and O–H groups in total. The van der Waals surface area contributed by atoms with Gasteiger partial charge in [0.15, 0.2) is 0 Å². The van der Waals surface area contributed by atoms with Gasteiger partial charge < -0.3 is 24.8 Å². The SMILES string of the molecule is Cc1nc(N2CCOCC2)nc(C)c1-c1cccc2c1OC[C@H]2NC(=O)O. The Morgan fingerprint density at radius 2 is 1.93 bits per heavy atom. The Morgan fingerprint density at radius 1 is 1.22 bits per heavy atom. The normalized spacial score (nSPS) is 18.7. The summed E-state index contributed by atoms with van der Waals surface area (Å²) in [5, 5.41) is 11.5. The van der Waals surface area contributed by atoms with Crippen LogP contribution in [0, 0.1) is 13.8 Å². The van der Waals surface area contributed by atoms with Gasteiger partial charge in [-0.15, -0.1) is 0 Å². The molecule has 4 rings (SSSR count). The lowest BCUT2D eigenvalue weighted by Gasteiger charge is -2.27. The first-order chi connectivity index (χ1) is 13.0. The number of hydrogen-bond acceptors (Lipinski definition) is 6. The monoisotopic (exact) mass is 370 g/mol. The van der Waals surface area contributed by atoms with Crippen molar-refractivity contribution in [1.82, 2.24) is 15.3 Å². The molecule has 1 saturated heterocycles. The number of morpholine rings is 1. The van der Waals surface area contributed by atoms with Crippen LogP contribution in [0.2, 0.25) is 0 Å². The van der Waals surface area contributed by atoms with Crippen LogP contribution in [0.1, 0.15) is 23.0 Å². The Morgan fingerprint density at radius 3 is 2.59 bits per heavy atom. The van der Waals surface area contributed by atoms with Crippen molar-refractivity contribution in [1.29, 1.82) is 0 Å². The standard InChI is InChI=1S/C19H22N4O4/c1-11-16(12(2)21-18(20-11)23-6-8-26-9-7-23)14-5-3-4-13-15(22-19(24)25)10-27-17(13)14/h3-5,15,22H,6-10H2,1-2H3,(H,24,25)/t15-/m1/s1. The molecule has 0 radical (unpaired) electrons. The van der Waals surface area contributed by atoms with Gasteiger partial charge in [-0.1, -0.05) is 18.2 Å². The van der Waals surface area contributed by atoms with E-state index in [4.69, 9.17) is 24.5 Å². The van der Waals surface area contributed by atoms with Crippen LogP contribution in [0.4, 0.5) is 10.7 Å². The summed E-state index contributed by atoms with van der Waals surface area (Å²) < 4.78 is 11.2. The quantitative estimate of drug-likeness (QED) is 0.856. The number of ether oxygens (including phenoxy) is 2. The van der Waals surface area contributed by atoms with Gasteiger partial charge in [-0.3, -0.25) is 0 Å². The number of fused-ring (bicyclic) bond motifs is 1. The lowest BCUT2D eigenvalue weighted by Crippen LogP contribution is -2.37. The summed E-state index contributed by atoms with van der Waals surface area (Å²) in [7, 11) is 0. The number of carbonyl (C=O) groups is 1. The number of aryl methyl sites for hydroxylation is 2. The second-order valence-corrected chi connectivity index (χ2v) is 6.71. The first kappa shape index (κ1) is 17.5. The maximum Gasteiger partial charge on any atom is 0.405 e. The van der Waals surface area contributed by atoms with Crippen molar-refractivity contribution in [3.05, 3.63) is 35.2 Å². The van der Waals surface area contributed by atoms with E-state index in [-0.39, 0.29) is 12.6 Å². The highest BCUT2D eigenvalue weighted by atomic mass is 16.5. The Labute approximate surface area is 157 Å². The number of hydrogen-bond donors (Lipinski definition) is 2. The summed E-state index contributed by atoms with van der Waals surface area (Å²) in [5.74, 6) is 1.42. The third kappa shape index (κ3) is 3.28. The van der Waals surface area contributed by atoms with E-state index in [0.717, 1.165) is 47.1 Å².